The van der Waals surface area contributed by atoms with Crippen LogP contribution in [-0.2, 0) is 4.79 Å². The minimum Gasteiger partial charge on any atom is -0.339 e. The van der Waals surface area contributed by atoms with Crippen molar-refractivity contribution in [2.45, 2.75) is 26.8 Å². The molecule has 0 radical (unpaired) electrons. The van der Waals surface area contributed by atoms with Crippen molar-refractivity contribution in [3.63, 3.8) is 0 Å². The average Bonchev–Trinajstić information content (AvgIpc) is 3.66. The molecule has 2 aromatic heterocycles. The molecule has 1 aliphatic rings. The summed E-state index contributed by atoms with van der Waals surface area (Å²) in [4.78, 5) is 35.8. The standard InChI is InChI=1S/C41H35ClN4O2S/c1-4-44(5-2)40(48)36-27(3)43-41-46(38(36)30-21-23-32(42)24-22-30)39(47)35(49-41)26-31-25-34(28-15-9-6-10-16-28)45(33-19-13-8-14-20-33)37(31)29-17-11-7-12-18-29/h6-26,38H,4-5H2,1-3H3/b35-26+/t38-/m1/s1. The maximum absolute atomic E-state index is 14.6. The van der Waals surface area contributed by atoms with Crippen LogP contribution >= 0.6 is 22.9 Å². The predicted molar refractivity (Wildman–Crippen MR) is 200 cm³/mol. The lowest BCUT2D eigenvalue weighted by Gasteiger charge is -2.29. The minimum absolute atomic E-state index is 0.126. The molecule has 7 rings (SSSR count). The van der Waals surface area contributed by atoms with E-state index in [0.29, 0.717) is 38.7 Å². The molecule has 1 aliphatic heterocycles. The van der Waals surface area contributed by atoms with Crippen molar-refractivity contribution < 1.29 is 4.79 Å². The van der Waals surface area contributed by atoms with Crippen LogP contribution in [-0.4, -0.2) is 33.0 Å². The highest BCUT2D eigenvalue weighted by molar-refractivity contribution is 7.07. The number of nitrogens with zero attached hydrogens (tertiary/aromatic N) is 4. The molecular formula is C41H35ClN4O2S. The number of hydrogen-bond donors (Lipinski definition) is 0. The molecule has 8 heteroatoms. The zero-order chi connectivity index (χ0) is 34.1. The lowest BCUT2D eigenvalue weighted by molar-refractivity contribution is -0.127. The first kappa shape index (κ1) is 32.3. The van der Waals surface area contributed by atoms with Gasteiger partial charge in [0.1, 0.15) is 0 Å². The van der Waals surface area contributed by atoms with E-state index in [1.165, 1.54) is 11.3 Å². The molecule has 0 saturated carbocycles. The minimum atomic E-state index is -0.647. The summed E-state index contributed by atoms with van der Waals surface area (Å²) < 4.78 is 4.47. The average molecular weight is 683 g/mol. The van der Waals surface area contributed by atoms with Crippen molar-refractivity contribution in [1.29, 1.82) is 0 Å². The lowest BCUT2D eigenvalue weighted by atomic mass is 9.94. The van der Waals surface area contributed by atoms with Crippen molar-refractivity contribution in [3.8, 4) is 28.2 Å². The number of likely N-dealkylation sites (N-methyl/N-ethyl adjacent to an activating group) is 1. The summed E-state index contributed by atoms with van der Waals surface area (Å²) in [7, 11) is 0. The summed E-state index contributed by atoms with van der Waals surface area (Å²) >= 11 is 7.63. The molecule has 0 spiro atoms. The molecule has 0 saturated heterocycles. The van der Waals surface area contributed by atoms with Crippen LogP contribution in [0.15, 0.2) is 142 Å². The molecule has 0 N–H and O–H groups in total. The third-order valence-corrected chi connectivity index (χ3v) is 10.2. The van der Waals surface area contributed by atoms with E-state index in [9.17, 15) is 9.59 Å². The summed E-state index contributed by atoms with van der Waals surface area (Å²) in [6.07, 6.45) is 1.97. The van der Waals surface area contributed by atoms with E-state index in [1.807, 2.05) is 93.6 Å². The monoisotopic (exact) mass is 682 g/mol. The summed E-state index contributed by atoms with van der Waals surface area (Å²) in [5, 5.41) is 0.582. The Kier molecular flexibility index (Phi) is 9.04. The molecule has 6 nitrogen and oxygen atoms in total. The van der Waals surface area contributed by atoms with Crippen LogP contribution in [0, 0.1) is 0 Å². The Bertz CT molecular complexity index is 2350. The van der Waals surface area contributed by atoms with Gasteiger partial charge in [-0.3, -0.25) is 14.2 Å². The summed E-state index contributed by atoms with van der Waals surface area (Å²) in [5.41, 5.74) is 7.68. The van der Waals surface area contributed by atoms with Gasteiger partial charge in [-0.1, -0.05) is 114 Å². The largest absolute Gasteiger partial charge is 0.339 e. The van der Waals surface area contributed by atoms with Gasteiger partial charge in [-0.05, 0) is 73.9 Å². The molecular weight excluding hydrogens is 648 g/mol. The highest BCUT2D eigenvalue weighted by Crippen LogP contribution is 2.37. The number of para-hydroxylation sites is 1. The van der Waals surface area contributed by atoms with Crippen molar-refractivity contribution in [1.82, 2.24) is 14.0 Å². The Morgan fingerprint density at radius 3 is 2.06 bits per heavy atom. The van der Waals surface area contributed by atoms with Crippen LogP contribution in [0.2, 0.25) is 5.02 Å². The Morgan fingerprint density at radius 1 is 0.857 bits per heavy atom. The van der Waals surface area contributed by atoms with E-state index in [0.717, 1.165) is 39.3 Å². The van der Waals surface area contributed by atoms with Gasteiger partial charge < -0.3 is 9.47 Å². The number of thiazole rings is 1. The fraction of sp³-hybridized carbons (Fsp3) is 0.146. The molecule has 0 unspecified atom stereocenters. The fourth-order valence-electron chi connectivity index (χ4n) is 6.58. The Balaban J connectivity index is 1.50. The fourth-order valence-corrected chi connectivity index (χ4v) is 7.74. The number of carbonyl (C=O) groups is 1. The van der Waals surface area contributed by atoms with Crippen molar-refractivity contribution in [3.05, 3.63) is 168 Å². The van der Waals surface area contributed by atoms with Gasteiger partial charge in [0.25, 0.3) is 11.5 Å². The maximum atomic E-state index is 14.6. The number of rotatable bonds is 8. The van der Waals surface area contributed by atoms with Gasteiger partial charge in [0.05, 0.1) is 33.2 Å². The van der Waals surface area contributed by atoms with Crippen LogP contribution in [0.4, 0.5) is 0 Å². The quantitative estimate of drug-likeness (QED) is 0.164. The second-order valence-corrected chi connectivity index (χ2v) is 13.3. The first-order chi connectivity index (χ1) is 23.9. The third kappa shape index (κ3) is 6.01. The summed E-state index contributed by atoms with van der Waals surface area (Å²) in [6.45, 7) is 6.87. The Hall–Kier alpha value is -5.24. The van der Waals surface area contributed by atoms with E-state index < -0.39 is 6.04 Å². The first-order valence-corrected chi connectivity index (χ1v) is 17.6. The highest BCUT2D eigenvalue weighted by Gasteiger charge is 2.34. The summed E-state index contributed by atoms with van der Waals surface area (Å²) in [6, 6.07) is 39.7. The number of hydrogen-bond acceptors (Lipinski definition) is 4. The number of aromatic nitrogens is 2. The van der Waals surface area contributed by atoms with Crippen LogP contribution in [0.3, 0.4) is 0 Å². The molecule has 0 fully saturated rings. The Labute approximate surface area is 294 Å². The number of halogens is 1. The number of amides is 1. The smallest absolute Gasteiger partial charge is 0.271 e. The number of benzene rings is 4. The highest BCUT2D eigenvalue weighted by atomic mass is 35.5. The zero-order valence-electron chi connectivity index (χ0n) is 27.5. The first-order valence-electron chi connectivity index (χ1n) is 16.4. The van der Waals surface area contributed by atoms with E-state index in [4.69, 9.17) is 16.6 Å². The predicted octanol–water partition coefficient (Wildman–Crippen LogP) is 7.88. The topological polar surface area (TPSA) is 59.6 Å². The van der Waals surface area contributed by atoms with Gasteiger partial charge in [-0.25, -0.2) is 4.99 Å². The van der Waals surface area contributed by atoms with Crippen molar-refractivity contribution >= 4 is 34.9 Å². The molecule has 4 aromatic carbocycles. The molecule has 1 atom stereocenters. The zero-order valence-corrected chi connectivity index (χ0v) is 29.1. The molecule has 244 valence electrons. The normalized spacial score (nSPS) is 14.4. The molecule has 0 bridgehead atoms. The second kappa shape index (κ2) is 13.7. The van der Waals surface area contributed by atoms with E-state index >= 15 is 0 Å². The van der Waals surface area contributed by atoms with Crippen molar-refractivity contribution in [2.75, 3.05) is 13.1 Å². The second-order valence-electron chi connectivity index (χ2n) is 11.8. The molecule has 3 heterocycles. The number of allylic oxidation sites excluding steroid dienone is 1. The lowest BCUT2D eigenvalue weighted by Crippen LogP contribution is -2.43. The van der Waals surface area contributed by atoms with Crippen molar-refractivity contribution in [2.24, 2.45) is 4.99 Å². The van der Waals surface area contributed by atoms with E-state index in [-0.39, 0.29) is 11.5 Å². The van der Waals surface area contributed by atoms with Gasteiger partial charge in [0.2, 0.25) is 0 Å². The van der Waals surface area contributed by atoms with Gasteiger partial charge in [-0.15, -0.1) is 0 Å². The van der Waals surface area contributed by atoms with Crippen LogP contribution in [0.5, 0.6) is 0 Å². The van der Waals surface area contributed by atoms with Crippen LogP contribution in [0.1, 0.15) is 37.9 Å². The van der Waals surface area contributed by atoms with Gasteiger partial charge in [-0.2, -0.15) is 0 Å². The van der Waals surface area contributed by atoms with Crippen LogP contribution < -0.4 is 14.9 Å². The number of carbonyl (C=O) groups excluding carboxylic acids is 1. The van der Waals surface area contributed by atoms with Gasteiger partial charge >= 0.3 is 0 Å². The van der Waals surface area contributed by atoms with E-state index in [1.54, 1.807) is 21.6 Å². The molecule has 1 amide bonds. The molecule has 6 aromatic rings. The molecule has 49 heavy (non-hydrogen) atoms. The Morgan fingerprint density at radius 2 is 1.45 bits per heavy atom. The maximum Gasteiger partial charge on any atom is 0.271 e. The van der Waals surface area contributed by atoms with Gasteiger partial charge in [0.15, 0.2) is 4.80 Å². The third-order valence-electron chi connectivity index (χ3n) is 8.94. The number of fused-ring (bicyclic) bond motifs is 1. The SMILES string of the molecule is CCN(CC)C(=O)C1=C(C)N=c2s/c(=C/c3cc(-c4ccccc4)n(-c4ccccc4)c3-c3ccccc3)c(=O)n2[C@@H]1c1ccc(Cl)cc1. The molecule has 0 aliphatic carbocycles. The van der Waals surface area contributed by atoms with E-state index in [2.05, 4.69) is 47.0 Å². The summed E-state index contributed by atoms with van der Waals surface area (Å²) in [5.74, 6) is -0.126. The van der Waals surface area contributed by atoms with Gasteiger partial charge in [0, 0.05) is 29.4 Å². The van der Waals surface area contributed by atoms with Crippen LogP contribution in [0.25, 0.3) is 34.3 Å².